The monoisotopic (exact) mass is 284 g/mol. The highest BCUT2D eigenvalue weighted by molar-refractivity contribution is 5.90. The molecular formula is C16H20N4O. The maximum atomic E-state index is 12.0. The number of anilines is 1. The molecule has 1 saturated heterocycles. The van der Waals surface area contributed by atoms with Crippen molar-refractivity contribution in [2.24, 2.45) is 0 Å². The Balaban J connectivity index is 1.56. The number of aromatic nitrogens is 2. The third-order valence-electron chi connectivity index (χ3n) is 3.78. The zero-order chi connectivity index (χ0) is 14.5. The molecule has 1 unspecified atom stereocenters. The molecule has 2 aromatic rings. The molecule has 3 rings (SSSR count). The molecule has 110 valence electrons. The first-order valence-electron chi connectivity index (χ1n) is 7.44. The van der Waals surface area contributed by atoms with E-state index >= 15 is 0 Å². The number of carbonyl (C=O) groups is 1. The number of hydrogen-bond acceptors (Lipinski definition) is 3. The fourth-order valence-corrected chi connectivity index (χ4v) is 2.68. The van der Waals surface area contributed by atoms with Gasteiger partial charge in [0.1, 0.15) is 0 Å². The Labute approximate surface area is 124 Å². The SMILES string of the molecule is O=C(CCC1CCCN1)Nc1cccc(-n2cccn2)c1. The number of carbonyl (C=O) groups excluding carboxylic acids is 1. The van der Waals surface area contributed by atoms with Crippen LogP contribution in [0.2, 0.25) is 0 Å². The van der Waals surface area contributed by atoms with Gasteiger partial charge in [0.15, 0.2) is 0 Å². The van der Waals surface area contributed by atoms with Crippen molar-refractivity contribution in [2.75, 3.05) is 11.9 Å². The van der Waals surface area contributed by atoms with Crippen LogP contribution in [0.1, 0.15) is 25.7 Å². The quantitative estimate of drug-likeness (QED) is 0.886. The molecule has 1 fully saturated rings. The lowest BCUT2D eigenvalue weighted by atomic mass is 10.1. The number of nitrogens with zero attached hydrogens (tertiary/aromatic N) is 2. The van der Waals surface area contributed by atoms with Crippen LogP contribution in [0, 0.1) is 0 Å². The topological polar surface area (TPSA) is 59.0 Å². The van der Waals surface area contributed by atoms with Crippen LogP contribution in [0.5, 0.6) is 0 Å². The van der Waals surface area contributed by atoms with Crippen molar-refractivity contribution >= 4 is 11.6 Å². The van der Waals surface area contributed by atoms with E-state index in [9.17, 15) is 4.79 Å². The second kappa shape index (κ2) is 6.54. The van der Waals surface area contributed by atoms with Crippen LogP contribution in [0.3, 0.4) is 0 Å². The van der Waals surface area contributed by atoms with E-state index in [1.807, 2.05) is 36.5 Å². The summed E-state index contributed by atoms with van der Waals surface area (Å²) in [5.41, 5.74) is 1.75. The van der Waals surface area contributed by atoms with Gasteiger partial charge in [-0.3, -0.25) is 4.79 Å². The van der Waals surface area contributed by atoms with Crippen molar-refractivity contribution in [3.8, 4) is 5.69 Å². The van der Waals surface area contributed by atoms with Crippen molar-refractivity contribution in [1.29, 1.82) is 0 Å². The van der Waals surface area contributed by atoms with Crippen LogP contribution in [0.25, 0.3) is 5.69 Å². The van der Waals surface area contributed by atoms with Gasteiger partial charge in [-0.2, -0.15) is 5.10 Å². The van der Waals surface area contributed by atoms with E-state index in [4.69, 9.17) is 0 Å². The Morgan fingerprint density at radius 3 is 3.14 bits per heavy atom. The standard InChI is InChI=1S/C16H20N4O/c21-16(8-7-13-5-2-9-17-13)19-14-4-1-6-15(12-14)20-11-3-10-18-20/h1,3-4,6,10-13,17H,2,5,7-9H2,(H,19,21). The molecule has 0 spiro atoms. The van der Waals surface area contributed by atoms with E-state index in [0.717, 1.165) is 24.3 Å². The Kier molecular flexibility index (Phi) is 4.31. The molecule has 21 heavy (non-hydrogen) atoms. The first-order chi connectivity index (χ1) is 10.3. The highest BCUT2D eigenvalue weighted by Gasteiger charge is 2.15. The number of rotatable bonds is 5. The van der Waals surface area contributed by atoms with Gasteiger partial charge in [-0.1, -0.05) is 6.07 Å². The average Bonchev–Trinajstić information content (AvgIpc) is 3.19. The Morgan fingerprint density at radius 2 is 2.38 bits per heavy atom. The number of hydrogen-bond donors (Lipinski definition) is 2. The van der Waals surface area contributed by atoms with E-state index in [0.29, 0.717) is 12.5 Å². The number of amides is 1. The van der Waals surface area contributed by atoms with Crippen molar-refractivity contribution < 1.29 is 4.79 Å². The van der Waals surface area contributed by atoms with Crippen LogP contribution >= 0.6 is 0 Å². The first kappa shape index (κ1) is 13.8. The highest BCUT2D eigenvalue weighted by Crippen LogP contribution is 2.15. The van der Waals surface area contributed by atoms with Crippen LogP contribution in [0.4, 0.5) is 5.69 Å². The van der Waals surface area contributed by atoms with Gasteiger partial charge in [0.05, 0.1) is 5.69 Å². The minimum atomic E-state index is 0.0707. The van der Waals surface area contributed by atoms with E-state index in [1.165, 1.54) is 12.8 Å². The molecule has 0 aliphatic carbocycles. The average molecular weight is 284 g/mol. The smallest absolute Gasteiger partial charge is 0.224 e. The summed E-state index contributed by atoms with van der Waals surface area (Å²) in [5.74, 6) is 0.0707. The van der Waals surface area contributed by atoms with Crippen molar-refractivity contribution in [3.63, 3.8) is 0 Å². The lowest BCUT2D eigenvalue weighted by Crippen LogP contribution is -2.23. The molecule has 0 radical (unpaired) electrons. The summed E-state index contributed by atoms with van der Waals surface area (Å²) in [6, 6.07) is 10.1. The highest BCUT2D eigenvalue weighted by atomic mass is 16.1. The summed E-state index contributed by atoms with van der Waals surface area (Å²) >= 11 is 0. The van der Waals surface area contributed by atoms with Gasteiger partial charge < -0.3 is 10.6 Å². The van der Waals surface area contributed by atoms with Gasteiger partial charge in [0.2, 0.25) is 5.91 Å². The third-order valence-corrected chi connectivity index (χ3v) is 3.78. The molecule has 1 amide bonds. The number of benzene rings is 1. The predicted octanol–water partition coefficient (Wildman–Crippen LogP) is 2.34. The third kappa shape index (κ3) is 3.70. The largest absolute Gasteiger partial charge is 0.326 e. The lowest BCUT2D eigenvalue weighted by Gasteiger charge is -2.10. The molecule has 2 N–H and O–H groups in total. The van der Waals surface area contributed by atoms with Crippen molar-refractivity contribution in [3.05, 3.63) is 42.7 Å². The molecule has 1 aliphatic heterocycles. The van der Waals surface area contributed by atoms with Gasteiger partial charge in [0, 0.05) is 30.5 Å². The second-order valence-corrected chi connectivity index (χ2v) is 5.38. The van der Waals surface area contributed by atoms with Crippen molar-refractivity contribution in [1.82, 2.24) is 15.1 Å². The summed E-state index contributed by atoms with van der Waals surface area (Å²) in [4.78, 5) is 12.0. The molecule has 1 atom stereocenters. The van der Waals surface area contributed by atoms with E-state index < -0.39 is 0 Å². The molecule has 5 heteroatoms. The molecule has 0 bridgehead atoms. The molecule has 1 aliphatic rings. The van der Waals surface area contributed by atoms with E-state index in [2.05, 4.69) is 15.7 Å². The van der Waals surface area contributed by atoms with Crippen LogP contribution in [0.15, 0.2) is 42.7 Å². The molecule has 1 aromatic heterocycles. The van der Waals surface area contributed by atoms with Crippen LogP contribution < -0.4 is 10.6 Å². The fraction of sp³-hybridized carbons (Fsp3) is 0.375. The van der Waals surface area contributed by atoms with Crippen LogP contribution in [-0.2, 0) is 4.79 Å². The molecular weight excluding hydrogens is 264 g/mol. The molecule has 5 nitrogen and oxygen atoms in total. The number of nitrogens with one attached hydrogen (secondary N) is 2. The summed E-state index contributed by atoms with van der Waals surface area (Å²) < 4.78 is 1.78. The lowest BCUT2D eigenvalue weighted by molar-refractivity contribution is -0.116. The summed E-state index contributed by atoms with van der Waals surface area (Å²) in [7, 11) is 0. The normalized spacial score (nSPS) is 17.8. The molecule has 0 saturated carbocycles. The van der Waals surface area contributed by atoms with Gasteiger partial charge in [-0.15, -0.1) is 0 Å². The first-order valence-corrected chi connectivity index (χ1v) is 7.44. The molecule has 2 heterocycles. The second-order valence-electron chi connectivity index (χ2n) is 5.38. The van der Waals surface area contributed by atoms with Gasteiger partial charge >= 0.3 is 0 Å². The summed E-state index contributed by atoms with van der Waals surface area (Å²) in [6.45, 7) is 1.08. The van der Waals surface area contributed by atoms with Crippen LogP contribution in [-0.4, -0.2) is 28.3 Å². The Morgan fingerprint density at radius 1 is 1.43 bits per heavy atom. The fourth-order valence-electron chi connectivity index (χ4n) is 2.68. The van der Waals surface area contributed by atoms with Gasteiger partial charge in [0.25, 0.3) is 0 Å². The van der Waals surface area contributed by atoms with Gasteiger partial charge in [-0.25, -0.2) is 4.68 Å². The maximum Gasteiger partial charge on any atom is 0.224 e. The van der Waals surface area contributed by atoms with Gasteiger partial charge in [-0.05, 0) is 50.1 Å². The predicted molar refractivity (Wildman–Crippen MR) is 82.5 cm³/mol. The van der Waals surface area contributed by atoms with Crippen molar-refractivity contribution in [2.45, 2.75) is 31.7 Å². The zero-order valence-electron chi connectivity index (χ0n) is 12.0. The molecule has 1 aromatic carbocycles. The van der Waals surface area contributed by atoms with E-state index in [1.54, 1.807) is 10.9 Å². The maximum absolute atomic E-state index is 12.0. The Bertz CT molecular complexity index is 588. The van der Waals surface area contributed by atoms with E-state index in [-0.39, 0.29) is 5.91 Å². The zero-order valence-corrected chi connectivity index (χ0v) is 12.0. The minimum absolute atomic E-state index is 0.0707. The summed E-state index contributed by atoms with van der Waals surface area (Å²) in [5, 5.41) is 10.6. The minimum Gasteiger partial charge on any atom is -0.326 e. The Hall–Kier alpha value is -2.14. The summed E-state index contributed by atoms with van der Waals surface area (Å²) in [6.07, 6.45) is 7.49.